The Kier molecular flexibility index (Phi) is 6.32. The lowest BCUT2D eigenvalue weighted by Crippen LogP contribution is -2.31. The van der Waals surface area contributed by atoms with E-state index < -0.39 is 0 Å². The van der Waals surface area contributed by atoms with Gasteiger partial charge in [-0.2, -0.15) is 0 Å². The fourth-order valence-corrected chi connectivity index (χ4v) is 1.49. The van der Waals surface area contributed by atoms with Crippen molar-refractivity contribution in [3.05, 3.63) is 29.3 Å². The zero-order valence-corrected chi connectivity index (χ0v) is 11.8. The van der Waals surface area contributed by atoms with Crippen LogP contribution in [0.15, 0.2) is 24.3 Å². The van der Waals surface area contributed by atoms with Gasteiger partial charge in [-0.15, -0.1) is 0 Å². The summed E-state index contributed by atoms with van der Waals surface area (Å²) >= 11 is 5.74. The molecule has 0 aliphatic rings. The molecule has 0 saturated heterocycles. The number of anilines is 1. The fourth-order valence-electron chi connectivity index (χ4n) is 1.36. The Hall–Kier alpha value is -1.59. The van der Waals surface area contributed by atoms with E-state index in [2.05, 4.69) is 10.6 Å². The van der Waals surface area contributed by atoms with Gasteiger partial charge in [-0.3, -0.25) is 9.59 Å². The van der Waals surface area contributed by atoms with Crippen LogP contribution >= 0.6 is 11.6 Å². The highest BCUT2D eigenvalue weighted by Crippen LogP contribution is 2.12. The van der Waals surface area contributed by atoms with Crippen molar-refractivity contribution in [1.29, 1.82) is 0 Å². The average molecular weight is 284 g/mol. The second kappa shape index (κ2) is 7.76. The van der Waals surface area contributed by atoms with Crippen LogP contribution in [0.3, 0.4) is 0 Å². The van der Waals surface area contributed by atoms with Crippen molar-refractivity contribution >= 4 is 29.1 Å². The summed E-state index contributed by atoms with van der Waals surface area (Å²) in [6.45, 7) is 0.647. The lowest BCUT2D eigenvalue weighted by Gasteiger charge is -2.10. The Balaban J connectivity index is 2.21. The summed E-state index contributed by atoms with van der Waals surface area (Å²) in [5, 5.41) is 6.27. The quantitative estimate of drug-likeness (QED) is 0.775. The number of halogens is 1. The standard InChI is InChI=1S/C13H18ClN3O2/c1-17(2)13(19)7-8-15-9-12(18)16-11-5-3-10(14)4-6-11/h3-6,15H,7-9H2,1-2H3,(H,16,18). The third-order valence-electron chi connectivity index (χ3n) is 2.43. The molecular weight excluding hydrogens is 266 g/mol. The van der Waals surface area contributed by atoms with Gasteiger partial charge < -0.3 is 15.5 Å². The molecule has 1 aromatic rings. The summed E-state index contributed by atoms with van der Waals surface area (Å²) in [5.41, 5.74) is 0.695. The average Bonchev–Trinajstić information content (AvgIpc) is 2.37. The molecule has 19 heavy (non-hydrogen) atoms. The molecule has 0 bridgehead atoms. The molecule has 0 atom stereocenters. The van der Waals surface area contributed by atoms with E-state index in [1.54, 1.807) is 38.4 Å². The Labute approximate surface area is 117 Å². The molecule has 2 N–H and O–H groups in total. The number of carbonyl (C=O) groups excluding carboxylic acids is 2. The lowest BCUT2D eigenvalue weighted by molar-refractivity contribution is -0.128. The van der Waals surface area contributed by atoms with E-state index in [-0.39, 0.29) is 18.4 Å². The van der Waals surface area contributed by atoms with Crippen LogP contribution in [0.25, 0.3) is 0 Å². The molecule has 0 heterocycles. The molecular formula is C13H18ClN3O2. The predicted molar refractivity (Wildman–Crippen MR) is 76.3 cm³/mol. The van der Waals surface area contributed by atoms with Gasteiger partial charge in [-0.05, 0) is 24.3 Å². The van der Waals surface area contributed by atoms with Gasteiger partial charge in [0.2, 0.25) is 11.8 Å². The number of nitrogens with zero attached hydrogens (tertiary/aromatic N) is 1. The van der Waals surface area contributed by atoms with E-state index in [1.807, 2.05) is 0 Å². The normalized spacial score (nSPS) is 10.1. The first-order valence-electron chi connectivity index (χ1n) is 5.95. The molecule has 0 saturated carbocycles. The number of rotatable bonds is 6. The summed E-state index contributed by atoms with van der Waals surface area (Å²) in [5.74, 6) is -0.120. The smallest absolute Gasteiger partial charge is 0.238 e. The van der Waals surface area contributed by atoms with Crippen LogP contribution in [0.1, 0.15) is 6.42 Å². The second-order valence-electron chi connectivity index (χ2n) is 4.27. The predicted octanol–water partition coefficient (Wildman–Crippen LogP) is 1.35. The molecule has 1 rings (SSSR count). The van der Waals surface area contributed by atoms with Gasteiger partial charge >= 0.3 is 0 Å². The van der Waals surface area contributed by atoms with Crippen molar-refractivity contribution in [2.24, 2.45) is 0 Å². The van der Waals surface area contributed by atoms with Crippen molar-refractivity contribution < 1.29 is 9.59 Å². The molecule has 0 aliphatic heterocycles. The van der Waals surface area contributed by atoms with Crippen LogP contribution in [0.5, 0.6) is 0 Å². The number of hydrogen-bond donors (Lipinski definition) is 2. The zero-order valence-electron chi connectivity index (χ0n) is 11.1. The third-order valence-corrected chi connectivity index (χ3v) is 2.68. The molecule has 1 aromatic carbocycles. The minimum Gasteiger partial charge on any atom is -0.349 e. The summed E-state index contributed by atoms with van der Waals surface area (Å²) in [7, 11) is 3.41. The van der Waals surface area contributed by atoms with Crippen LogP contribution in [-0.2, 0) is 9.59 Å². The minimum absolute atomic E-state index is 0.0330. The third kappa shape index (κ3) is 6.22. The van der Waals surface area contributed by atoms with Gasteiger partial charge in [0, 0.05) is 37.8 Å². The van der Waals surface area contributed by atoms with Crippen LogP contribution in [-0.4, -0.2) is 43.9 Å². The van der Waals surface area contributed by atoms with Gasteiger partial charge in [0.25, 0.3) is 0 Å². The summed E-state index contributed by atoms with van der Waals surface area (Å²) in [6.07, 6.45) is 0.376. The minimum atomic E-state index is -0.153. The van der Waals surface area contributed by atoms with Crippen LogP contribution in [0.2, 0.25) is 5.02 Å². The number of hydrogen-bond acceptors (Lipinski definition) is 3. The zero-order chi connectivity index (χ0) is 14.3. The van der Waals surface area contributed by atoms with Gasteiger partial charge in [0.05, 0.1) is 6.54 Å². The molecule has 0 fully saturated rings. The monoisotopic (exact) mass is 283 g/mol. The van der Waals surface area contributed by atoms with Crippen LogP contribution < -0.4 is 10.6 Å². The lowest BCUT2D eigenvalue weighted by atomic mass is 10.3. The van der Waals surface area contributed by atoms with Gasteiger partial charge in [0.1, 0.15) is 0 Å². The van der Waals surface area contributed by atoms with E-state index in [4.69, 9.17) is 11.6 Å². The van der Waals surface area contributed by atoms with Gasteiger partial charge in [0.15, 0.2) is 0 Å². The molecule has 0 aromatic heterocycles. The summed E-state index contributed by atoms with van der Waals surface area (Å²) < 4.78 is 0. The maximum Gasteiger partial charge on any atom is 0.238 e. The van der Waals surface area contributed by atoms with E-state index in [0.29, 0.717) is 23.7 Å². The largest absolute Gasteiger partial charge is 0.349 e. The van der Waals surface area contributed by atoms with Crippen molar-refractivity contribution in [3.8, 4) is 0 Å². The van der Waals surface area contributed by atoms with E-state index in [0.717, 1.165) is 0 Å². The maximum atomic E-state index is 11.6. The molecule has 0 radical (unpaired) electrons. The van der Waals surface area contributed by atoms with E-state index in [9.17, 15) is 9.59 Å². The molecule has 0 aliphatic carbocycles. The molecule has 2 amide bonds. The fraction of sp³-hybridized carbons (Fsp3) is 0.385. The van der Waals surface area contributed by atoms with Crippen molar-refractivity contribution in [1.82, 2.24) is 10.2 Å². The maximum absolute atomic E-state index is 11.6. The SMILES string of the molecule is CN(C)C(=O)CCNCC(=O)Nc1ccc(Cl)cc1. The summed E-state index contributed by atoms with van der Waals surface area (Å²) in [4.78, 5) is 24.4. The first-order valence-corrected chi connectivity index (χ1v) is 6.33. The number of benzene rings is 1. The van der Waals surface area contributed by atoms with Crippen LogP contribution in [0.4, 0.5) is 5.69 Å². The van der Waals surface area contributed by atoms with E-state index >= 15 is 0 Å². The molecule has 104 valence electrons. The Bertz CT molecular complexity index is 432. The molecule has 0 unspecified atom stereocenters. The van der Waals surface area contributed by atoms with Crippen molar-refractivity contribution in [3.63, 3.8) is 0 Å². The highest BCUT2D eigenvalue weighted by molar-refractivity contribution is 6.30. The van der Waals surface area contributed by atoms with Crippen LogP contribution in [0, 0.1) is 0 Å². The summed E-state index contributed by atoms with van der Waals surface area (Å²) in [6, 6.07) is 6.88. The Morgan fingerprint density at radius 2 is 1.84 bits per heavy atom. The molecule has 5 nitrogen and oxygen atoms in total. The Morgan fingerprint density at radius 3 is 2.42 bits per heavy atom. The van der Waals surface area contributed by atoms with Crippen molar-refractivity contribution in [2.75, 3.05) is 32.5 Å². The van der Waals surface area contributed by atoms with Crippen molar-refractivity contribution in [2.45, 2.75) is 6.42 Å². The van der Waals surface area contributed by atoms with Gasteiger partial charge in [-0.1, -0.05) is 11.6 Å². The first kappa shape index (κ1) is 15.5. The highest BCUT2D eigenvalue weighted by atomic mass is 35.5. The second-order valence-corrected chi connectivity index (χ2v) is 4.71. The number of carbonyl (C=O) groups is 2. The van der Waals surface area contributed by atoms with Gasteiger partial charge in [-0.25, -0.2) is 0 Å². The number of nitrogens with one attached hydrogen (secondary N) is 2. The topological polar surface area (TPSA) is 61.4 Å². The molecule has 0 spiro atoms. The highest BCUT2D eigenvalue weighted by Gasteiger charge is 2.05. The first-order chi connectivity index (χ1) is 8.99. The molecule has 6 heteroatoms. The van der Waals surface area contributed by atoms with E-state index in [1.165, 1.54) is 4.90 Å². The number of amides is 2. The Morgan fingerprint density at radius 1 is 1.21 bits per heavy atom.